The topological polar surface area (TPSA) is 57.3 Å². The van der Waals surface area contributed by atoms with Crippen LogP contribution in [0, 0.1) is 0 Å². The Balaban J connectivity index is 1.53. The van der Waals surface area contributed by atoms with E-state index in [1.54, 1.807) is 6.20 Å². The summed E-state index contributed by atoms with van der Waals surface area (Å²) in [4.78, 5) is 19.8. The largest absolute Gasteiger partial charge is 0.354 e. The van der Waals surface area contributed by atoms with Crippen LogP contribution in [0.4, 0.5) is 5.82 Å². The van der Waals surface area contributed by atoms with Crippen molar-refractivity contribution in [1.29, 1.82) is 0 Å². The number of amides is 1. The van der Waals surface area contributed by atoms with Gasteiger partial charge in [0.1, 0.15) is 5.82 Å². The molecule has 1 aromatic heterocycles. The zero-order valence-corrected chi connectivity index (χ0v) is 17.6. The number of hydrogen-bond acceptors (Lipinski definition) is 4. The van der Waals surface area contributed by atoms with E-state index < -0.39 is 0 Å². The molecular formula is C24H25ClN4O. The van der Waals surface area contributed by atoms with E-state index in [4.69, 9.17) is 11.6 Å². The summed E-state index contributed by atoms with van der Waals surface area (Å²) < 4.78 is 0. The number of hydrogen-bond donors (Lipinski definition) is 2. The first kappa shape index (κ1) is 20.4. The number of carbonyl (C=O) groups is 1. The minimum atomic E-state index is -0.273. The van der Waals surface area contributed by atoms with Gasteiger partial charge >= 0.3 is 0 Å². The lowest BCUT2D eigenvalue weighted by Gasteiger charge is -2.32. The monoisotopic (exact) mass is 420 g/mol. The zero-order valence-electron chi connectivity index (χ0n) is 16.9. The molecule has 0 bridgehead atoms. The van der Waals surface area contributed by atoms with Gasteiger partial charge in [-0.2, -0.15) is 0 Å². The SMILES string of the molecule is CC1CN(c2ccc(C(=O)NC(c3ccccc3)c3ccc(Cl)cc3)cn2)CCN1. The van der Waals surface area contributed by atoms with Crippen molar-refractivity contribution < 1.29 is 4.79 Å². The molecule has 6 heteroatoms. The standard InChI is InChI=1S/C24H25ClN4O/c1-17-16-29(14-13-26-17)22-12-9-20(15-27-22)24(30)28-23(18-5-3-2-4-6-18)19-7-10-21(25)11-8-19/h2-12,15,17,23,26H,13-14,16H2,1H3,(H,28,30). The predicted octanol–water partition coefficient (Wildman–Crippen LogP) is 4.05. The van der Waals surface area contributed by atoms with Gasteiger partial charge in [0.05, 0.1) is 11.6 Å². The van der Waals surface area contributed by atoms with Crippen LogP contribution >= 0.6 is 11.6 Å². The summed E-state index contributed by atoms with van der Waals surface area (Å²) in [5.41, 5.74) is 2.52. The smallest absolute Gasteiger partial charge is 0.253 e. The van der Waals surface area contributed by atoms with Crippen LogP contribution in [0.1, 0.15) is 34.5 Å². The van der Waals surface area contributed by atoms with Gasteiger partial charge in [-0.15, -0.1) is 0 Å². The average Bonchev–Trinajstić information content (AvgIpc) is 2.79. The molecule has 1 fully saturated rings. The molecule has 2 aromatic carbocycles. The van der Waals surface area contributed by atoms with Crippen molar-refractivity contribution in [3.63, 3.8) is 0 Å². The summed E-state index contributed by atoms with van der Waals surface area (Å²) in [6, 6.07) is 21.4. The Morgan fingerprint density at radius 2 is 1.83 bits per heavy atom. The first-order valence-electron chi connectivity index (χ1n) is 10.2. The molecule has 1 amide bonds. The molecule has 2 heterocycles. The molecule has 3 aromatic rings. The number of halogens is 1. The van der Waals surface area contributed by atoms with E-state index in [1.807, 2.05) is 66.7 Å². The van der Waals surface area contributed by atoms with Gasteiger partial charge in [-0.1, -0.05) is 54.1 Å². The lowest BCUT2D eigenvalue weighted by Crippen LogP contribution is -2.49. The van der Waals surface area contributed by atoms with Gasteiger partial charge in [0.15, 0.2) is 0 Å². The summed E-state index contributed by atoms with van der Waals surface area (Å²) in [6.07, 6.45) is 1.65. The molecular weight excluding hydrogens is 396 g/mol. The normalized spacial score (nSPS) is 17.4. The maximum atomic E-state index is 13.0. The van der Waals surface area contributed by atoms with Crippen LogP contribution in [-0.4, -0.2) is 36.6 Å². The van der Waals surface area contributed by atoms with Crippen molar-refractivity contribution >= 4 is 23.3 Å². The lowest BCUT2D eigenvalue weighted by molar-refractivity contribution is 0.0942. The van der Waals surface area contributed by atoms with E-state index in [0.29, 0.717) is 16.6 Å². The first-order chi connectivity index (χ1) is 14.6. The number of rotatable bonds is 5. The number of nitrogens with zero attached hydrogens (tertiary/aromatic N) is 2. The highest BCUT2D eigenvalue weighted by atomic mass is 35.5. The van der Waals surface area contributed by atoms with E-state index in [-0.39, 0.29) is 11.9 Å². The maximum Gasteiger partial charge on any atom is 0.253 e. The number of nitrogens with one attached hydrogen (secondary N) is 2. The Bertz CT molecular complexity index is 976. The quantitative estimate of drug-likeness (QED) is 0.653. The van der Waals surface area contributed by atoms with Gasteiger partial charge in [0.25, 0.3) is 5.91 Å². The second kappa shape index (κ2) is 9.28. The molecule has 1 aliphatic rings. The molecule has 0 spiro atoms. The lowest BCUT2D eigenvalue weighted by atomic mass is 9.98. The third kappa shape index (κ3) is 4.81. The van der Waals surface area contributed by atoms with E-state index in [2.05, 4.69) is 27.4 Å². The fourth-order valence-corrected chi connectivity index (χ4v) is 3.85. The molecule has 2 N–H and O–H groups in total. The fraction of sp³-hybridized carbons (Fsp3) is 0.250. The van der Waals surface area contributed by atoms with Crippen molar-refractivity contribution in [1.82, 2.24) is 15.6 Å². The van der Waals surface area contributed by atoms with Crippen molar-refractivity contribution in [3.8, 4) is 0 Å². The summed E-state index contributed by atoms with van der Waals surface area (Å²) in [6.45, 7) is 4.92. The Hall–Kier alpha value is -2.89. The van der Waals surface area contributed by atoms with Crippen molar-refractivity contribution in [2.45, 2.75) is 19.0 Å². The van der Waals surface area contributed by atoms with Crippen molar-refractivity contribution in [2.24, 2.45) is 0 Å². The predicted molar refractivity (Wildman–Crippen MR) is 121 cm³/mol. The molecule has 30 heavy (non-hydrogen) atoms. The van der Waals surface area contributed by atoms with Crippen LogP contribution in [0.25, 0.3) is 0 Å². The molecule has 0 saturated carbocycles. The third-order valence-electron chi connectivity index (χ3n) is 5.31. The number of piperazine rings is 1. The van der Waals surface area contributed by atoms with Gasteiger partial charge in [0, 0.05) is 36.9 Å². The fourth-order valence-electron chi connectivity index (χ4n) is 3.72. The maximum absolute atomic E-state index is 13.0. The van der Waals surface area contributed by atoms with Gasteiger partial charge < -0.3 is 15.5 Å². The highest BCUT2D eigenvalue weighted by Gasteiger charge is 2.20. The molecule has 0 aliphatic carbocycles. The van der Waals surface area contributed by atoms with Gasteiger partial charge in [-0.05, 0) is 42.3 Å². The number of benzene rings is 2. The number of carbonyl (C=O) groups excluding carboxylic acids is 1. The molecule has 2 atom stereocenters. The summed E-state index contributed by atoms with van der Waals surface area (Å²) >= 11 is 6.05. The summed E-state index contributed by atoms with van der Waals surface area (Å²) in [7, 11) is 0. The Kier molecular flexibility index (Phi) is 6.31. The number of pyridine rings is 1. The Labute approximate surface area is 182 Å². The van der Waals surface area contributed by atoms with Crippen LogP contribution in [0.2, 0.25) is 5.02 Å². The molecule has 0 radical (unpaired) electrons. The highest BCUT2D eigenvalue weighted by molar-refractivity contribution is 6.30. The van der Waals surface area contributed by atoms with Crippen molar-refractivity contribution in [2.75, 3.05) is 24.5 Å². The highest BCUT2D eigenvalue weighted by Crippen LogP contribution is 2.24. The van der Waals surface area contributed by atoms with Gasteiger partial charge in [0.2, 0.25) is 0 Å². The molecule has 5 nitrogen and oxygen atoms in total. The Morgan fingerprint density at radius 3 is 2.50 bits per heavy atom. The molecule has 1 saturated heterocycles. The first-order valence-corrected chi connectivity index (χ1v) is 10.5. The van der Waals surface area contributed by atoms with Crippen LogP contribution in [-0.2, 0) is 0 Å². The summed E-state index contributed by atoms with van der Waals surface area (Å²) in [5.74, 6) is 0.740. The van der Waals surface area contributed by atoms with Crippen LogP contribution in [0.3, 0.4) is 0 Å². The van der Waals surface area contributed by atoms with Crippen molar-refractivity contribution in [3.05, 3.63) is 94.6 Å². The molecule has 4 rings (SSSR count). The van der Waals surface area contributed by atoms with Crippen LogP contribution < -0.4 is 15.5 Å². The third-order valence-corrected chi connectivity index (χ3v) is 5.57. The van der Waals surface area contributed by atoms with Crippen LogP contribution in [0.15, 0.2) is 72.9 Å². The number of aromatic nitrogens is 1. The minimum absolute atomic E-state index is 0.161. The van der Waals surface area contributed by atoms with E-state index in [1.165, 1.54) is 0 Å². The second-order valence-electron chi connectivity index (χ2n) is 7.57. The summed E-state index contributed by atoms with van der Waals surface area (Å²) in [5, 5.41) is 7.24. The minimum Gasteiger partial charge on any atom is -0.354 e. The molecule has 154 valence electrons. The second-order valence-corrected chi connectivity index (χ2v) is 8.01. The molecule has 1 aliphatic heterocycles. The van der Waals surface area contributed by atoms with Gasteiger partial charge in [-0.25, -0.2) is 4.98 Å². The Morgan fingerprint density at radius 1 is 1.10 bits per heavy atom. The van der Waals surface area contributed by atoms with E-state index in [9.17, 15) is 4.79 Å². The van der Waals surface area contributed by atoms with Gasteiger partial charge in [-0.3, -0.25) is 4.79 Å². The van der Waals surface area contributed by atoms with E-state index in [0.717, 1.165) is 36.6 Å². The van der Waals surface area contributed by atoms with Crippen LogP contribution in [0.5, 0.6) is 0 Å². The average molecular weight is 421 g/mol. The number of anilines is 1. The zero-order chi connectivity index (χ0) is 20.9. The van der Waals surface area contributed by atoms with E-state index >= 15 is 0 Å². The molecule has 2 unspecified atom stereocenters.